The third-order valence-electron chi connectivity index (χ3n) is 4.21. The Labute approximate surface area is 122 Å². The summed E-state index contributed by atoms with van der Waals surface area (Å²) in [4.78, 5) is 24.3. The highest BCUT2D eigenvalue weighted by Crippen LogP contribution is 2.36. The lowest BCUT2D eigenvalue weighted by atomic mass is 9.99. The monoisotopic (exact) mass is 292 g/mol. The summed E-state index contributed by atoms with van der Waals surface area (Å²) in [6.07, 6.45) is 1.92. The Morgan fingerprint density at radius 2 is 2.10 bits per heavy atom. The molecule has 1 saturated carbocycles. The first-order valence-electron chi connectivity index (χ1n) is 7.24. The number of hydrogen-bond acceptors (Lipinski definition) is 4. The predicted molar refractivity (Wildman–Crippen MR) is 74.8 cm³/mol. The first kappa shape index (κ1) is 14.1. The van der Waals surface area contributed by atoms with Crippen molar-refractivity contribution in [1.82, 2.24) is 20.8 Å². The summed E-state index contributed by atoms with van der Waals surface area (Å²) in [5.74, 6) is -0.444. The molecule has 114 valence electrons. The van der Waals surface area contributed by atoms with Gasteiger partial charge in [-0.1, -0.05) is 0 Å². The molecule has 2 aliphatic rings. The molecule has 1 aromatic heterocycles. The van der Waals surface area contributed by atoms with E-state index in [1.165, 1.54) is 0 Å². The van der Waals surface area contributed by atoms with Crippen LogP contribution in [-0.2, 0) is 16.0 Å². The summed E-state index contributed by atoms with van der Waals surface area (Å²) < 4.78 is 5.71. The number of fused-ring (bicyclic) bond motifs is 1. The van der Waals surface area contributed by atoms with Crippen LogP contribution in [0.25, 0.3) is 0 Å². The minimum atomic E-state index is -0.750. The van der Waals surface area contributed by atoms with Gasteiger partial charge >= 0.3 is 0 Å². The minimum absolute atomic E-state index is 0.0467. The van der Waals surface area contributed by atoms with Crippen LogP contribution in [0.15, 0.2) is 0 Å². The van der Waals surface area contributed by atoms with Gasteiger partial charge in [-0.05, 0) is 26.7 Å². The average molecular weight is 292 g/mol. The number of amides is 2. The number of nitrogens with one attached hydrogen (secondary N) is 3. The Hall–Kier alpha value is -1.89. The van der Waals surface area contributed by atoms with E-state index >= 15 is 0 Å². The molecule has 7 nitrogen and oxygen atoms in total. The third-order valence-corrected chi connectivity index (χ3v) is 4.21. The number of aromatic nitrogens is 2. The number of carbonyl (C=O) groups excluding carboxylic acids is 2. The van der Waals surface area contributed by atoms with Crippen molar-refractivity contribution in [3.63, 3.8) is 0 Å². The summed E-state index contributed by atoms with van der Waals surface area (Å²) in [5, 5.41) is 12.4. The van der Waals surface area contributed by atoms with Gasteiger partial charge in [0, 0.05) is 19.0 Å². The van der Waals surface area contributed by atoms with Gasteiger partial charge in [-0.3, -0.25) is 14.7 Å². The van der Waals surface area contributed by atoms with Crippen LogP contribution in [0.5, 0.6) is 0 Å². The number of H-pyrrole nitrogens is 1. The van der Waals surface area contributed by atoms with Crippen molar-refractivity contribution >= 4 is 11.8 Å². The van der Waals surface area contributed by atoms with Gasteiger partial charge in [0.05, 0.1) is 17.9 Å². The van der Waals surface area contributed by atoms with Crippen molar-refractivity contribution in [3.8, 4) is 0 Å². The van der Waals surface area contributed by atoms with Crippen molar-refractivity contribution < 1.29 is 14.3 Å². The van der Waals surface area contributed by atoms with E-state index in [2.05, 4.69) is 20.8 Å². The smallest absolute Gasteiger partial charge is 0.272 e. The fourth-order valence-corrected chi connectivity index (χ4v) is 2.91. The number of carbonyl (C=O) groups is 2. The van der Waals surface area contributed by atoms with Crippen molar-refractivity contribution in [2.75, 3.05) is 7.05 Å². The van der Waals surface area contributed by atoms with Crippen LogP contribution >= 0.6 is 0 Å². The van der Waals surface area contributed by atoms with E-state index in [1.54, 1.807) is 7.05 Å². The van der Waals surface area contributed by atoms with Crippen LogP contribution in [0, 0.1) is 0 Å². The SMILES string of the molecule is CNC(=O)C1(NC(=O)c2n[nH]c3c2C[C@H](C)O[C@@H]3C)CC1. The molecule has 1 aliphatic heterocycles. The molecule has 2 atom stereocenters. The van der Waals surface area contributed by atoms with E-state index in [4.69, 9.17) is 4.74 Å². The summed E-state index contributed by atoms with van der Waals surface area (Å²) in [6, 6.07) is 0. The van der Waals surface area contributed by atoms with Gasteiger partial charge < -0.3 is 15.4 Å². The quantitative estimate of drug-likeness (QED) is 0.753. The molecule has 21 heavy (non-hydrogen) atoms. The number of aromatic amines is 1. The molecule has 0 bridgehead atoms. The van der Waals surface area contributed by atoms with Crippen molar-refractivity contribution in [1.29, 1.82) is 0 Å². The van der Waals surface area contributed by atoms with E-state index in [0.717, 1.165) is 11.3 Å². The van der Waals surface area contributed by atoms with Crippen LogP contribution < -0.4 is 10.6 Å². The number of likely N-dealkylation sites (N-methyl/N-ethyl adjacent to an activating group) is 1. The third kappa shape index (κ3) is 2.31. The van der Waals surface area contributed by atoms with Gasteiger partial charge in [0.15, 0.2) is 5.69 Å². The molecule has 1 aromatic rings. The maximum Gasteiger partial charge on any atom is 0.272 e. The standard InChI is InChI=1S/C14H20N4O3/c1-7-6-9-10(8(2)21-7)17-18-11(9)12(19)16-14(4-5-14)13(20)15-3/h7-8H,4-6H2,1-3H3,(H,15,20)(H,16,19)(H,17,18)/t7-,8+/m0/s1. The fraction of sp³-hybridized carbons (Fsp3) is 0.643. The molecule has 0 radical (unpaired) electrons. The highest BCUT2D eigenvalue weighted by molar-refractivity contribution is 6.00. The van der Waals surface area contributed by atoms with Crippen LogP contribution in [0.1, 0.15) is 54.5 Å². The predicted octanol–water partition coefficient (Wildman–Crippen LogP) is 0.440. The molecular weight excluding hydrogens is 272 g/mol. The summed E-state index contributed by atoms with van der Waals surface area (Å²) in [5.41, 5.74) is 1.37. The number of rotatable bonds is 3. The molecule has 0 saturated heterocycles. The largest absolute Gasteiger partial charge is 0.369 e. The molecular formula is C14H20N4O3. The maximum absolute atomic E-state index is 12.5. The topological polar surface area (TPSA) is 96.1 Å². The summed E-state index contributed by atoms with van der Waals surface area (Å²) in [6.45, 7) is 3.91. The molecule has 2 amide bonds. The zero-order valence-electron chi connectivity index (χ0n) is 12.4. The fourth-order valence-electron chi connectivity index (χ4n) is 2.91. The van der Waals surface area contributed by atoms with Crippen LogP contribution in [0.3, 0.4) is 0 Å². The highest BCUT2D eigenvalue weighted by atomic mass is 16.5. The van der Waals surface area contributed by atoms with Gasteiger partial charge in [-0.2, -0.15) is 5.10 Å². The van der Waals surface area contributed by atoms with E-state index in [-0.39, 0.29) is 24.0 Å². The van der Waals surface area contributed by atoms with Crippen molar-refractivity contribution in [3.05, 3.63) is 17.0 Å². The molecule has 7 heteroatoms. The first-order chi connectivity index (χ1) is 9.97. The second-order valence-corrected chi connectivity index (χ2v) is 5.87. The molecule has 0 aromatic carbocycles. The maximum atomic E-state index is 12.5. The Balaban J connectivity index is 1.82. The molecule has 1 aliphatic carbocycles. The number of nitrogens with zero attached hydrogens (tertiary/aromatic N) is 1. The zero-order chi connectivity index (χ0) is 15.2. The van der Waals surface area contributed by atoms with Gasteiger partial charge in [-0.25, -0.2) is 0 Å². The van der Waals surface area contributed by atoms with Gasteiger partial charge in [0.25, 0.3) is 5.91 Å². The van der Waals surface area contributed by atoms with E-state index < -0.39 is 5.54 Å². The van der Waals surface area contributed by atoms with E-state index in [0.29, 0.717) is 25.0 Å². The Morgan fingerprint density at radius 3 is 2.71 bits per heavy atom. The first-order valence-corrected chi connectivity index (χ1v) is 7.24. The summed E-state index contributed by atoms with van der Waals surface area (Å²) in [7, 11) is 1.58. The van der Waals surface area contributed by atoms with Crippen molar-refractivity contribution in [2.24, 2.45) is 0 Å². The highest BCUT2D eigenvalue weighted by Gasteiger charge is 2.51. The normalized spacial score (nSPS) is 25.9. The van der Waals surface area contributed by atoms with Crippen LogP contribution in [0.2, 0.25) is 0 Å². The summed E-state index contributed by atoms with van der Waals surface area (Å²) >= 11 is 0. The number of hydrogen-bond donors (Lipinski definition) is 3. The average Bonchev–Trinajstić information content (AvgIpc) is 3.08. The zero-order valence-corrected chi connectivity index (χ0v) is 12.4. The van der Waals surface area contributed by atoms with E-state index in [9.17, 15) is 9.59 Å². The number of ether oxygens (including phenoxy) is 1. The molecule has 3 N–H and O–H groups in total. The Morgan fingerprint density at radius 1 is 1.38 bits per heavy atom. The molecule has 0 spiro atoms. The van der Waals surface area contributed by atoms with Crippen molar-refractivity contribution in [2.45, 2.75) is 50.9 Å². The Bertz CT molecular complexity index is 591. The lowest BCUT2D eigenvalue weighted by Gasteiger charge is -2.25. The second kappa shape index (κ2) is 4.84. The van der Waals surface area contributed by atoms with E-state index in [1.807, 2.05) is 13.8 Å². The van der Waals surface area contributed by atoms with Gasteiger partial charge in [-0.15, -0.1) is 0 Å². The second-order valence-electron chi connectivity index (χ2n) is 5.87. The van der Waals surface area contributed by atoms with Gasteiger partial charge in [0.2, 0.25) is 5.91 Å². The van der Waals surface area contributed by atoms with Gasteiger partial charge in [0.1, 0.15) is 5.54 Å². The minimum Gasteiger partial charge on any atom is -0.369 e. The van der Waals surface area contributed by atoms with Crippen LogP contribution in [0.4, 0.5) is 0 Å². The molecule has 2 heterocycles. The lowest BCUT2D eigenvalue weighted by Crippen LogP contribution is -2.48. The molecule has 1 fully saturated rings. The molecule has 3 rings (SSSR count). The molecule has 0 unspecified atom stereocenters. The lowest BCUT2D eigenvalue weighted by molar-refractivity contribution is -0.123. The Kier molecular flexibility index (Phi) is 3.24. The van der Waals surface area contributed by atoms with Crippen LogP contribution in [-0.4, -0.2) is 40.7 Å².